The van der Waals surface area contributed by atoms with Crippen molar-refractivity contribution in [3.8, 4) is 5.75 Å². The van der Waals surface area contributed by atoms with Crippen LogP contribution in [0.25, 0.3) is 0 Å². The predicted molar refractivity (Wildman–Crippen MR) is 99.1 cm³/mol. The molecule has 0 aromatic heterocycles. The van der Waals surface area contributed by atoms with Crippen molar-refractivity contribution in [3.05, 3.63) is 66.7 Å². The van der Waals surface area contributed by atoms with Gasteiger partial charge in [-0.1, -0.05) is 24.8 Å². The molecule has 0 unspecified atom stereocenters. The second-order valence-electron chi connectivity index (χ2n) is 5.41. The van der Waals surface area contributed by atoms with Crippen molar-refractivity contribution in [1.29, 1.82) is 0 Å². The quantitative estimate of drug-likeness (QED) is 0.270. The van der Waals surface area contributed by atoms with E-state index in [2.05, 4.69) is 16.8 Å². The van der Waals surface area contributed by atoms with E-state index < -0.39 is 5.97 Å². The second kappa shape index (κ2) is 10.8. The maximum atomic E-state index is 11.2. The molecule has 0 amide bonds. The molecule has 0 saturated heterocycles. The third kappa shape index (κ3) is 7.27. The first-order chi connectivity index (χ1) is 12.6. The van der Waals surface area contributed by atoms with Gasteiger partial charge in [-0.3, -0.25) is 0 Å². The predicted octanol–water partition coefficient (Wildman–Crippen LogP) is 4.62. The van der Waals surface area contributed by atoms with E-state index >= 15 is 0 Å². The first-order valence-corrected chi connectivity index (χ1v) is 8.25. The molecule has 0 aliphatic carbocycles. The van der Waals surface area contributed by atoms with E-state index in [0.717, 1.165) is 17.1 Å². The summed E-state index contributed by atoms with van der Waals surface area (Å²) in [6.45, 7) is 6.43. The summed E-state index contributed by atoms with van der Waals surface area (Å²) in [6.07, 6.45) is 0. The zero-order valence-electron chi connectivity index (χ0n) is 14.8. The summed E-state index contributed by atoms with van der Waals surface area (Å²) in [5.74, 6) is 0.315. The maximum absolute atomic E-state index is 11.2. The van der Waals surface area contributed by atoms with Crippen LogP contribution in [0, 0.1) is 0 Å². The summed E-state index contributed by atoms with van der Waals surface area (Å²) in [4.78, 5) is 11.2. The number of hydrogen-bond donors (Lipinski definition) is 0. The van der Waals surface area contributed by atoms with Gasteiger partial charge in [-0.2, -0.15) is 10.2 Å². The van der Waals surface area contributed by atoms with Gasteiger partial charge in [-0.25, -0.2) is 4.79 Å². The van der Waals surface area contributed by atoms with E-state index in [4.69, 9.17) is 14.2 Å². The molecular formula is C20H22N2O4. The van der Waals surface area contributed by atoms with Gasteiger partial charge in [-0.15, -0.1) is 0 Å². The summed E-state index contributed by atoms with van der Waals surface area (Å²) in [7, 11) is 0. The molecule has 0 aliphatic rings. The molecule has 2 aromatic carbocycles. The average Bonchev–Trinajstić information content (AvgIpc) is 2.67. The first-order valence-electron chi connectivity index (χ1n) is 8.25. The topological polar surface area (TPSA) is 69.5 Å². The highest BCUT2D eigenvalue weighted by molar-refractivity contribution is 5.86. The fourth-order valence-corrected chi connectivity index (χ4v) is 1.86. The normalized spacial score (nSPS) is 10.7. The minimum atomic E-state index is -0.408. The molecule has 6 nitrogen and oxygen atoms in total. The smallest absolute Gasteiger partial charge is 0.333 e. The van der Waals surface area contributed by atoms with Crippen molar-refractivity contribution >= 4 is 17.3 Å². The highest BCUT2D eigenvalue weighted by Crippen LogP contribution is 2.21. The third-order valence-electron chi connectivity index (χ3n) is 3.18. The van der Waals surface area contributed by atoms with Crippen molar-refractivity contribution in [3.63, 3.8) is 0 Å². The number of nitrogens with zero attached hydrogens (tertiary/aromatic N) is 2. The van der Waals surface area contributed by atoms with Crippen LogP contribution in [0.4, 0.5) is 11.4 Å². The largest absolute Gasteiger partial charge is 0.491 e. The van der Waals surface area contributed by atoms with Crippen LogP contribution in [0.2, 0.25) is 0 Å². The van der Waals surface area contributed by atoms with E-state index in [9.17, 15) is 4.79 Å². The van der Waals surface area contributed by atoms with Crippen molar-refractivity contribution in [1.82, 2.24) is 0 Å². The lowest BCUT2D eigenvalue weighted by atomic mass is 10.3. The van der Waals surface area contributed by atoms with Crippen LogP contribution in [0.5, 0.6) is 5.75 Å². The number of esters is 1. The van der Waals surface area contributed by atoms with Crippen molar-refractivity contribution < 1.29 is 19.0 Å². The van der Waals surface area contributed by atoms with Crippen molar-refractivity contribution in [2.75, 3.05) is 26.4 Å². The van der Waals surface area contributed by atoms with E-state index in [0.29, 0.717) is 25.4 Å². The van der Waals surface area contributed by atoms with Crippen LogP contribution >= 0.6 is 0 Å². The highest BCUT2D eigenvalue weighted by atomic mass is 16.6. The molecule has 2 aromatic rings. The molecule has 0 bridgehead atoms. The van der Waals surface area contributed by atoms with Crippen molar-refractivity contribution in [2.24, 2.45) is 10.2 Å². The highest BCUT2D eigenvalue weighted by Gasteiger charge is 2.02. The number of rotatable bonds is 10. The fraction of sp³-hybridized carbons (Fsp3) is 0.250. The monoisotopic (exact) mass is 354 g/mol. The molecule has 6 heteroatoms. The third-order valence-corrected chi connectivity index (χ3v) is 3.18. The van der Waals surface area contributed by atoms with Crippen LogP contribution in [0.3, 0.4) is 0 Å². The molecule has 0 fully saturated rings. The zero-order chi connectivity index (χ0) is 18.6. The summed E-state index contributed by atoms with van der Waals surface area (Å²) in [5, 5.41) is 8.33. The molecule has 2 rings (SSSR count). The fourth-order valence-electron chi connectivity index (χ4n) is 1.86. The lowest BCUT2D eigenvalue weighted by molar-refractivity contribution is -0.140. The van der Waals surface area contributed by atoms with Crippen LogP contribution in [-0.4, -0.2) is 32.4 Å². The summed E-state index contributed by atoms with van der Waals surface area (Å²) in [6, 6.07) is 16.9. The van der Waals surface area contributed by atoms with E-state index in [1.807, 2.05) is 54.6 Å². The minimum Gasteiger partial charge on any atom is -0.491 e. The molecular weight excluding hydrogens is 332 g/mol. The Labute approximate surface area is 153 Å². The average molecular weight is 354 g/mol. The minimum absolute atomic E-state index is 0.201. The molecule has 26 heavy (non-hydrogen) atoms. The van der Waals surface area contributed by atoms with Gasteiger partial charge in [0, 0.05) is 5.57 Å². The zero-order valence-corrected chi connectivity index (χ0v) is 14.8. The Hall–Kier alpha value is -2.99. The van der Waals surface area contributed by atoms with Gasteiger partial charge in [0.1, 0.15) is 19.0 Å². The number of carbonyl (C=O) groups is 1. The van der Waals surface area contributed by atoms with E-state index in [-0.39, 0.29) is 6.61 Å². The SMILES string of the molecule is C=C(C)C(=O)OCCOCCOc1ccc(N=Nc2ccccc2)cc1. The summed E-state index contributed by atoms with van der Waals surface area (Å²) in [5.41, 5.74) is 1.93. The number of benzene rings is 2. The number of carbonyl (C=O) groups excluding carboxylic acids is 1. The van der Waals surface area contributed by atoms with Gasteiger partial charge in [0.15, 0.2) is 0 Å². The Bertz CT molecular complexity index is 727. The molecule has 0 saturated carbocycles. The molecule has 0 atom stereocenters. The first kappa shape index (κ1) is 19.3. The van der Waals surface area contributed by atoms with E-state index in [1.165, 1.54) is 0 Å². The Morgan fingerprint density at radius 2 is 1.50 bits per heavy atom. The molecule has 0 aliphatic heterocycles. The van der Waals surface area contributed by atoms with Gasteiger partial charge in [0.2, 0.25) is 0 Å². The van der Waals surface area contributed by atoms with Gasteiger partial charge in [-0.05, 0) is 43.3 Å². The van der Waals surface area contributed by atoms with Crippen LogP contribution in [0.15, 0.2) is 77.0 Å². The van der Waals surface area contributed by atoms with Gasteiger partial charge in [0.25, 0.3) is 0 Å². The number of azo groups is 1. The number of ether oxygens (including phenoxy) is 3. The Morgan fingerprint density at radius 1 is 0.885 bits per heavy atom. The Kier molecular flexibility index (Phi) is 8.02. The van der Waals surface area contributed by atoms with Crippen LogP contribution in [-0.2, 0) is 14.3 Å². The molecule has 0 heterocycles. The second-order valence-corrected chi connectivity index (χ2v) is 5.41. The lowest BCUT2D eigenvalue weighted by Crippen LogP contribution is -2.13. The van der Waals surface area contributed by atoms with Crippen LogP contribution in [0.1, 0.15) is 6.92 Å². The molecule has 0 N–H and O–H groups in total. The van der Waals surface area contributed by atoms with Gasteiger partial charge < -0.3 is 14.2 Å². The van der Waals surface area contributed by atoms with Crippen LogP contribution < -0.4 is 4.74 Å². The maximum Gasteiger partial charge on any atom is 0.333 e. The molecule has 0 spiro atoms. The van der Waals surface area contributed by atoms with Crippen molar-refractivity contribution in [2.45, 2.75) is 6.92 Å². The van der Waals surface area contributed by atoms with Gasteiger partial charge >= 0.3 is 5.97 Å². The van der Waals surface area contributed by atoms with Gasteiger partial charge in [0.05, 0.1) is 24.6 Å². The van der Waals surface area contributed by atoms with E-state index in [1.54, 1.807) is 6.92 Å². The summed E-state index contributed by atoms with van der Waals surface area (Å²) < 4.78 is 15.8. The number of hydrogen-bond acceptors (Lipinski definition) is 6. The Balaban J connectivity index is 1.63. The molecule has 136 valence electrons. The molecule has 0 radical (unpaired) electrons. The summed E-state index contributed by atoms with van der Waals surface area (Å²) >= 11 is 0. The Morgan fingerprint density at radius 3 is 2.15 bits per heavy atom. The standard InChI is InChI=1S/C20H22N2O4/c1-16(2)20(23)26-15-13-24-12-14-25-19-10-8-18(9-11-19)22-21-17-6-4-3-5-7-17/h3-11H,1,12-15H2,2H3. The lowest BCUT2D eigenvalue weighted by Gasteiger charge is -2.08.